The summed E-state index contributed by atoms with van der Waals surface area (Å²) in [5.74, 6) is 0. The summed E-state index contributed by atoms with van der Waals surface area (Å²) in [6.45, 7) is 25.1. The normalized spacial score (nSPS) is 13.3. The van der Waals surface area contributed by atoms with Gasteiger partial charge in [0.2, 0.25) is 0 Å². The van der Waals surface area contributed by atoms with Crippen LogP contribution in [0.2, 0.25) is 0 Å². The molecule has 0 amide bonds. The third kappa shape index (κ3) is 7.88. The predicted octanol–water partition coefficient (Wildman–Crippen LogP) is 17.2. The van der Waals surface area contributed by atoms with Crippen LogP contribution in [0.25, 0.3) is 33.0 Å². The number of benzene rings is 9. The van der Waals surface area contributed by atoms with Crippen molar-refractivity contribution in [1.29, 1.82) is 0 Å². The van der Waals surface area contributed by atoms with Gasteiger partial charge in [-0.15, -0.1) is 0 Å². The van der Waals surface area contributed by atoms with Gasteiger partial charge >= 0.3 is 6.85 Å². The van der Waals surface area contributed by atoms with E-state index in [-0.39, 0.29) is 23.1 Å². The molecule has 4 heteroatoms. The standard InChI is InChI=1S/C66H64BN3/c1-43-37-57-56-40-46-19-15-16-20-47(46)41-60(56)70(54-32-26-51(27-33-54)66(9,10)11)67-58-35-34-55(68(52-28-22-49(23-29-52)64(3,4)5)53-30-24-50(25-31-53)65(6,7)8)42-61(58)69(62(38-43)63(57)67)59-36-21-48(39-44(59)2)45-17-13-12-14-18-45/h12-42H,1-11H3. The zero-order valence-electron chi connectivity index (χ0n) is 42.8. The summed E-state index contributed by atoms with van der Waals surface area (Å²) < 4.78 is 0. The highest BCUT2D eigenvalue weighted by Gasteiger charge is 2.46. The van der Waals surface area contributed by atoms with E-state index in [1.165, 1.54) is 100 Å². The Labute approximate surface area is 417 Å². The summed E-state index contributed by atoms with van der Waals surface area (Å²) in [4.78, 5) is 7.68. The lowest BCUT2D eigenvalue weighted by atomic mass is 9.43. The number of hydrogen-bond acceptors (Lipinski definition) is 3. The van der Waals surface area contributed by atoms with Gasteiger partial charge in [0.05, 0.1) is 0 Å². The van der Waals surface area contributed by atoms with Gasteiger partial charge in [-0.05, 0) is 175 Å². The van der Waals surface area contributed by atoms with Gasteiger partial charge < -0.3 is 14.6 Å². The summed E-state index contributed by atoms with van der Waals surface area (Å²) >= 11 is 0. The Kier molecular flexibility index (Phi) is 10.8. The molecule has 70 heavy (non-hydrogen) atoms. The maximum absolute atomic E-state index is 2.64. The summed E-state index contributed by atoms with van der Waals surface area (Å²) in [5, 5.41) is 2.48. The van der Waals surface area contributed by atoms with Crippen molar-refractivity contribution in [3.05, 3.63) is 216 Å². The molecule has 2 aliphatic heterocycles. The third-order valence-electron chi connectivity index (χ3n) is 14.8. The van der Waals surface area contributed by atoms with Crippen LogP contribution in [0.15, 0.2) is 188 Å². The first kappa shape index (κ1) is 45.2. The molecule has 9 aromatic rings. The van der Waals surface area contributed by atoms with Crippen LogP contribution >= 0.6 is 0 Å². The number of hydrogen-bond donors (Lipinski definition) is 0. The van der Waals surface area contributed by atoms with E-state index in [0.717, 1.165) is 17.1 Å². The lowest BCUT2D eigenvalue weighted by Crippen LogP contribution is -2.61. The van der Waals surface area contributed by atoms with Crippen LogP contribution in [0, 0.1) is 13.8 Å². The first-order valence-electron chi connectivity index (χ1n) is 25.1. The van der Waals surface area contributed by atoms with Crippen LogP contribution in [-0.4, -0.2) is 6.85 Å². The summed E-state index contributed by atoms with van der Waals surface area (Å²) in [7, 11) is 0. The molecule has 0 atom stereocenters. The van der Waals surface area contributed by atoms with Crippen molar-refractivity contribution in [2.45, 2.75) is 92.4 Å². The molecule has 11 rings (SSSR count). The number of nitrogens with zero attached hydrogens (tertiary/aromatic N) is 3. The lowest BCUT2D eigenvalue weighted by Gasteiger charge is -2.46. The summed E-state index contributed by atoms with van der Waals surface area (Å²) in [6, 6.07) is 71.5. The number of aryl methyl sites for hydroxylation is 2. The van der Waals surface area contributed by atoms with E-state index < -0.39 is 0 Å². The highest BCUT2D eigenvalue weighted by Crippen LogP contribution is 2.50. The smallest absolute Gasteiger partial charge is 0.333 e. The molecule has 9 aromatic carbocycles. The first-order chi connectivity index (χ1) is 33.4. The molecule has 346 valence electrons. The summed E-state index contributed by atoms with van der Waals surface area (Å²) in [6.07, 6.45) is 0. The SMILES string of the molecule is Cc1cc2c3c(c1)N(c1ccc(-c4ccccc4)cc1C)c1cc(N(c4ccc(C(C)(C)C)cc4)c4ccc(C(C)(C)C)cc4)ccc1B3N(c1ccc(C(C)(C)C)cc1)c1cc3ccccc3cc1-2. The van der Waals surface area contributed by atoms with Crippen molar-refractivity contribution < 1.29 is 0 Å². The Morgan fingerprint density at radius 1 is 0.400 bits per heavy atom. The molecule has 0 saturated carbocycles. The Balaban J connectivity index is 1.20. The molecule has 2 heterocycles. The van der Waals surface area contributed by atoms with Crippen LogP contribution in [0.1, 0.15) is 90.1 Å². The zero-order chi connectivity index (χ0) is 48.9. The molecule has 0 aliphatic carbocycles. The molecule has 0 N–H and O–H groups in total. The number of fused-ring (bicyclic) bond motifs is 5. The van der Waals surface area contributed by atoms with Crippen LogP contribution < -0.4 is 25.5 Å². The van der Waals surface area contributed by atoms with Crippen molar-refractivity contribution in [1.82, 2.24) is 0 Å². The fraction of sp³-hybridized carbons (Fsp3) is 0.212. The minimum absolute atomic E-state index is 0.0279. The Morgan fingerprint density at radius 3 is 1.51 bits per heavy atom. The van der Waals surface area contributed by atoms with Gasteiger partial charge in [0.25, 0.3) is 0 Å². The minimum atomic E-state index is -0.116. The average Bonchev–Trinajstić information content (AvgIpc) is 3.33. The lowest BCUT2D eigenvalue weighted by molar-refractivity contribution is 0.590. The highest BCUT2D eigenvalue weighted by atomic mass is 15.2. The average molecular weight is 910 g/mol. The molecule has 0 fully saturated rings. The molecule has 0 saturated heterocycles. The maximum Gasteiger partial charge on any atom is 0.333 e. The first-order valence-corrected chi connectivity index (χ1v) is 25.1. The Morgan fingerprint density at radius 2 is 0.943 bits per heavy atom. The van der Waals surface area contributed by atoms with E-state index in [1.54, 1.807) is 0 Å². The van der Waals surface area contributed by atoms with Crippen molar-refractivity contribution in [3.8, 4) is 22.3 Å². The van der Waals surface area contributed by atoms with Gasteiger partial charge in [-0.25, -0.2) is 0 Å². The van der Waals surface area contributed by atoms with E-state index in [9.17, 15) is 0 Å². The van der Waals surface area contributed by atoms with Gasteiger partial charge in [0.15, 0.2) is 0 Å². The summed E-state index contributed by atoms with van der Waals surface area (Å²) in [5.41, 5.74) is 23.4. The maximum atomic E-state index is 2.64. The van der Waals surface area contributed by atoms with Gasteiger partial charge in [-0.3, -0.25) is 0 Å². The number of anilines is 8. The van der Waals surface area contributed by atoms with Gasteiger partial charge in [-0.1, -0.05) is 172 Å². The molecule has 0 spiro atoms. The second kappa shape index (κ2) is 16.7. The third-order valence-corrected chi connectivity index (χ3v) is 14.8. The molecule has 3 nitrogen and oxygen atoms in total. The van der Waals surface area contributed by atoms with E-state index in [2.05, 4.69) is 279 Å². The van der Waals surface area contributed by atoms with Crippen LogP contribution in [0.5, 0.6) is 0 Å². The van der Waals surface area contributed by atoms with E-state index >= 15 is 0 Å². The molecule has 0 aromatic heterocycles. The second-order valence-electron chi connectivity index (χ2n) is 22.9. The molecule has 0 unspecified atom stereocenters. The Hall–Kier alpha value is -7.30. The van der Waals surface area contributed by atoms with E-state index in [1.807, 2.05) is 0 Å². The number of rotatable bonds is 6. The molecular formula is C66H64BN3. The van der Waals surface area contributed by atoms with Crippen LogP contribution in [0.4, 0.5) is 45.5 Å². The highest BCUT2D eigenvalue weighted by molar-refractivity contribution is 6.93. The van der Waals surface area contributed by atoms with Gasteiger partial charge in [0, 0.05) is 51.1 Å². The van der Waals surface area contributed by atoms with E-state index in [4.69, 9.17) is 0 Å². The van der Waals surface area contributed by atoms with Gasteiger partial charge in [0.1, 0.15) is 0 Å². The monoisotopic (exact) mass is 910 g/mol. The van der Waals surface area contributed by atoms with Gasteiger partial charge in [-0.2, -0.15) is 0 Å². The minimum Gasteiger partial charge on any atom is -0.376 e. The van der Waals surface area contributed by atoms with Crippen molar-refractivity contribution >= 4 is 74.0 Å². The fourth-order valence-corrected chi connectivity index (χ4v) is 11.0. The fourth-order valence-electron chi connectivity index (χ4n) is 11.0. The molecule has 2 aliphatic rings. The quantitative estimate of drug-likeness (QED) is 0.154. The van der Waals surface area contributed by atoms with Crippen LogP contribution in [-0.2, 0) is 16.2 Å². The molecule has 0 radical (unpaired) electrons. The van der Waals surface area contributed by atoms with Crippen molar-refractivity contribution in [2.75, 3.05) is 14.6 Å². The largest absolute Gasteiger partial charge is 0.376 e. The molecule has 0 bridgehead atoms. The Bertz CT molecular complexity index is 3380. The van der Waals surface area contributed by atoms with Crippen molar-refractivity contribution in [2.24, 2.45) is 0 Å². The van der Waals surface area contributed by atoms with Crippen molar-refractivity contribution in [3.63, 3.8) is 0 Å². The van der Waals surface area contributed by atoms with E-state index in [0.29, 0.717) is 0 Å². The van der Waals surface area contributed by atoms with Crippen LogP contribution in [0.3, 0.4) is 0 Å². The topological polar surface area (TPSA) is 9.72 Å². The zero-order valence-corrected chi connectivity index (χ0v) is 42.8. The second-order valence-corrected chi connectivity index (χ2v) is 22.9. The molecular weight excluding hydrogens is 846 g/mol. The predicted molar refractivity (Wildman–Crippen MR) is 303 cm³/mol.